The Morgan fingerprint density at radius 3 is 2.19 bits per heavy atom. The van der Waals surface area contributed by atoms with Crippen LogP contribution in [0.5, 0.6) is 11.5 Å². The number of rotatable bonds is 7. The van der Waals surface area contributed by atoms with Gasteiger partial charge in [-0.3, -0.25) is 0 Å². The first-order valence-electron chi connectivity index (χ1n) is 8.51. The fraction of sp³-hybridized carbons (Fsp3) is 0.300. The lowest BCUT2D eigenvalue weighted by molar-refractivity contribution is -0.144. The standard InChI is InChI=1S/C20H24N2O4/c1-4-14(2)18(19(23)25-3)22-20(24)21-15-10-12-17(13-11-15)26-16-8-6-5-7-9-16/h5-14,18H,4H2,1-3H3,(H2,21,22,24)/t14?,18-/m0/s1. The third kappa shape index (κ3) is 5.51. The molecule has 138 valence electrons. The topological polar surface area (TPSA) is 76.7 Å². The van der Waals surface area contributed by atoms with Gasteiger partial charge >= 0.3 is 12.0 Å². The van der Waals surface area contributed by atoms with Crippen LogP contribution in [-0.4, -0.2) is 25.2 Å². The van der Waals surface area contributed by atoms with Crippen molar-refractivity contribution in [3.63, 3.8) is 0 Å². The van der Waals surface area contributed by atoms with E-state index >= 15 is 0 Å². The summed E-state index contributed by atoms with van der Waals surface area (Å²) in [6.45, 7) is 3.84. The van der Waals surface area contributed by atoms with Crippen molar-refractivity contribution in [3.05, 3.63) is 54.6 Å². The summed E-state index contributed by atoms with van der Waals surface area (Å²) in [6.07, 6.45) is 0.742. The van der Waals surface area contributed by atoms with Crippen molar-refractivity contribution in [2.45, 2.75) is 26.3 Å². The average Bonchev–Trinajstić information content (AvgIpc) is 2.67. The highest BCUT2D eigenvalue weighted by Gasteiger charge is 2.26. The molecule has 0 radical (unpaired) electrons. The summed E-state index contributed by atoms with van der Waals surface area (Å²) in [5.41, 5.74) is 0.593. The highest BCUT2D eigenvalue weighted by atomic mass is 16.5. The van der Waals surface area contributed by atoms with Crippen molar-refractivity contribution in [3.8, 4) is 11.5 Å². The van der Waals surface area contributed by atoms with Gasteiger partial charge in [0.15, 0.2) is 0 Å². The quantitative estimate of drug-likeness (QED) is 0.730. The summed E-state index contributed by atoms with van der Waals surface area (Å²) in [7, 11) is 1.31. The second-order valence-corrected chi connectivity index (χ2v) is 5.92. The Kier molecular flexibility index (Phi) is 7.02. The number of ether oxygens (including phenoxy) is 2. The maximum absolute atomic E-state index is 12.2. The molecule has 0 aromatic heterocycles. The van der Waals surface area contributed by atoms with E-state index in [0.717, 1.165) is 12.2 Å². The lowest BCUT2D eigenvalue weighted by atomic mass is 9.99. The molecule has 2 aromatic rings. The smallest absolute Gasteiger partial charge is 0.328 e. The van der Waals surface area contributed by atoms with E-state index in [0.29, 0.717) is 11.4 Å². The molecule has 2 atom stereocenters. The lowest BCUT2D eigenvalue weighted by Gasteiger charge is -2.22. The zero-order chi connectivity index (χ0) is 18.9. The van der Waals surface area contributed by atoms with E-state index < -0.39 is 18.0 Å². The predicted molar refractivity (Wildman–Crippen MR) is 100 cm³/mol. The number of benzene rings is 2. The van der Waals surface area contributed by atoms with Crippen LogP contribution in [0.4, 0.5) is 10.5 Å². The van der Waals surface area contributed by atoms with Crippen LogP contribution in [0.2, 0.25) is 0 Å². The molecule has 0 aliphatic heterocycles. The van der Waals surface area contributed by atoms with Crippen LogP contribution in [0.15, 0.2) is 54.6 Å². The molecule has 0 saturated heterocycles. The molecule has 0 aliphatic rings. The highest BCUT2D eigenvalue weighted by Crippen LogP contribution is 2.22. The largest absolute Gasteiger partial charge is 0.467 e. The van der Waals surface area contributed by atoms with E-state index in [9.17, 15) is 9.59 Å². The molecule has 0 spiro atoms. The number of methoxy groups -OCH3 is 1. The van der Waals surface area contributed by atoms with Crippen LogP contribution in [0.1, 0.15) is 20.3 Å². The van der Waals surface area contributed by atoms with Crippen LogP contribution in [0.25, 0.3) is 0 Å². The van der Waals surface area contributed by atoms with E-state index in [1.807, 2.05) is 44.2 Å². The number of hydrogen-bond donors (Lipinski definition) is 2. The Labute approximate surface area is 153 Å². The summed E-state index contributed by atoms with van der Waals surface area (Å²) >= 11 is 0. The summed E-state index contributed by atoms with van der Waals surface area (Å²) in [5, 5.41) is 5.37. The summed E-state index contributed by atoms with van der Waals surface area (Å²) in [4.78, 5) is 24.0. The van der Waals surface area contributed by atoms with Gasteiger partial charge in [0.1, 0.15) is 17.5 Å². The van der Waals surface area contributed by atoms with Crippen LogP contribution >= 0.6 is 0 Å². The van der Waals surface area contributed by atoms with Gasteiger partial charge in [0, 0.05) is 5.69 Å². The second kappa shape index (κ2) is 9.46. The molecule has 0 fully saturated rings. The SMILES string of the molecule is CCC(C)[C@H](NC(=O)Nc1ccc(Oc2ccccc2)cc1)C(=O)OC. The molecule has 2 N–H and O–H groups in total. The fourth-order valence-corrected chi connectivity index (χ4v) is 2.34. The van der Waals surface area contributed by atoms with Gasteiger partial charge in [-0.2, -0.15) is 0 Å². The van der Waals surface area contributed by atoms with Crippen LogP contribution in [0, 0.1) is 5.92 Å². The van der Waals surface area contributed by atoms with Crippen LogP contribution in [0.3, 0.4) is 0 Å². The third-order valence-electron chi connectivity index (χ3n) is 4.05. The van der Waals surface area contributed by atoms with E-state index in [4.69, 9.17) is 9.47 Å². The Morgan fingerprint density at radius 2 is 1.62 bits per heavy atom. The minimum Gasteiger partial charge on any atom is -0.467 e. The lowest BCUT2D eigenvalue weighted by Crippen LogP contribution is -2.47. The summed E-state index contributed by atoms with van der Waals surface area (Å²) < 4.78 is 10.5. The number of anilines is 1. The van der Waals surface area contributed by atoms with Crippen LogP contribution < -0.4 is 15.4 Å². The van der Waals surface area contributed by atoms with Crippen molar-refractivity contribution in [2.24, 2.45) is 5.92 Å². The van der Waals surface area contributed by atoms with Gasteiger partial charge in [-0.25, -0.2) is 9.59 Å². The summed E-state index contributed by atoms with van der Waals surface area (Å²) in [6, 6.07) is 15.3. The molecule has 0 aliphatic carbocycles. The van der Waals surface area contributed by atoms with E-state index in [1.165, 1.54) is 7.11 Å². The van der Waals surface area contributed by atoms with E-state index in [1.54, 1.807) is 24.3 Å². The maximum Gasteiger partial charge on any atom is 0.328 e. The van der Waals surface area contributed by atoms with Crippen molar-refractivity contribution in [2.75, 3.05) is 12.4 Å². The molecular weight excluding hydrogens is 332 g/mol. The molecule has 1 unspecified atom stereocenters. The molecular formula is C20H24N2O4. The first-order valence-corrected chi connectivity index (χ1v) is 8.51. The molecule has 0 heterocycles. The Balaban J connectivity index is 1.95. The molecule has 6 nitrogen and oxygen atoms in total. The average molecular weight is 356 g/mol. The van der Waals surface area contributed by atoms with Gasteiger partial charge in [-0.05, 0) is 42.3 Å². The molecule has 6 heteroatoms. The van der Waals surface area contributed by atoms with Gasteiger partial charge in [0.05, 0.1) is 7.11 Å². The fourth-order valence-electron chi connectivity index (χ4n) is 2.34. The van der Waals surface area contributed by atoms with Crippen molar-refractivity contribution in [1.29, 1.82) is 0 Å². The molecule has 2 aromatic carbocycles. The van der Waals surface area contributed by atoms with Gasteiger partial charge in [0.25, 0.3) is 0 Å². The Bertz CT molecular complexity index is 716. The predicted octanol–water partition coefficient (Wildman–Crippen LogP) is 4.19. The number of carbonyl (C=O) groups excluding carboxylic acids is 2. The van der Waals surface area contributed by atoms with Crippen molar-refractivity contribution >= 4 is 17.7 Å². The molecule has 0 saturated carbocycles. The molecule has 0 bridgehead atoms. The number of nitrogens with one attached hydrogen (secondary N) is 2. The van der Waals surface area contributed by atoms with Crippen molar-refractivity contribution in [1.82, 2.24) is 5.32 Å². The number of para-hydroxylation sites is 1. The number of esters is 1. The Hall–Kier alpha value is -3.02. The highest BCUT2D eigenvalue weighted by molar-refractivity contribution is 5.92. The van der Waals surface area contributed by atoms with Crippen LogP contribution in [-0.2, 0) is 9.53 Å². The number of hydrogen-bond acceptors (Lipinski definition) is 4. The molecule has 26 heavy (non-hydrogen) atoms. The zero-order valence-electron chi connectivity index (χ0n) is 15.2. The third-order valence-corrected chi connectivity index (χ3v) is 4.05. The van der Waals surface area contributed by atoms with E-state index in [2.05, 4.69) is 10.6 Å². The number of urea groups is 1. The molecule has 2 rings (SSSR count). The summed E-state index contributed by atoms with van der Waals surface area (Å²) in [5.74, 6) is 0.908. The van der Waals surface area contributed by atoms with E-state index in [-0.39, 0.29) is 5.92 Å². The second-order valence-electron chi connectivity index (χ2n) is 5.92. The minimum absolute atomic E-state index is 0.0325. The maximum atomic E-state index is 12.2. The normalized spacial score (nSPS) is 12.6. The minimum atomic E-state index is -0.689. The monoisotopic (exact) mass is 356 g/mol. The van der Waals surface area contributed by atoms with Gasteiger partial charge in [0.2, 0.25) is 0 Å². The number of amides is 2. The van der Waals surface area contributed by atoms with Gasteiger partial charge < -0.3 is 20.1 Å². The first kappa shape index (κ1) is 19.3. The zero-order valence-corrected chi connectivity index (χ0v) is 15.2. The number of carbonyl (C=O) groups is 2. The van der Waals surface area contributed by atoms with Gasteiger partial charge in [-0.1, -0.05) is 38.5 Å². The van der Waals surface area contributed by atoms with Gasteiger partial charge in [-0.15, -0.1) is 0 Å². The Morgan fingerprint density at radius 1 is 1.00 bits per heavy atom. The molecule has 2 amide bonds. The van der Waals surface area contributed by atoms with Crippen molar-refractivity contribution < 1.29 is 19.1 Å². The first-order chi connectivity index (χ1) is 12.5.